The Morgan fingerprint density at radius 2 is 2.09 bits per heavy atom. The van der Waals surface area contributed by atoms with Crippen molar-refractivity contribution in [1.29, 1.82) is 0 Å². The highest BCUT2D eigenvalue weighted by Gasteiger charge is 2.35. The first kappa shape index (κ1) is 16.0. The summed E-state index contributed by atoms with van der Waals surface area (Å²) in [4.78, 5) is 17.1. The van der Waals surface area contributed by atoms with Gasteiger partial charge in [-0.3, -0.25) is 4.79 Å². The van der Waals surface area contributed by atoms with E-state index < -0.39 is 5.54 Å². The monoisotopic (exact) mass is 316 g/mol. The van der Waals surface area contributed by atoms with Crippen LogP contribution in [0, 0.1) is 0 Å². The van der Waals surface area contributed by atoms with Gasteiger partial charge in [-0.2, -0.15) is 0 Å². The summed E-state index contributed by atoms with van der Waals surface area (Å²) in [5.41, 5.74) is 7.42. The van der Waals surface area contributed by atoms with Gasteiger partial charge in [-0.25, -0.2) is 4.98 Å². The number of benzene rings is 1. The third kappa shape index (κ3) is 3.09. The molecule has 0 spiro atoms. The van der Waals surface area contributed by atoms with Crippen LogP contribution in [0.25, 0.3) is 11.0 Å². The van der Waals surface area contributed by atoms with Crippen LogP contribution >= 0.6 is 0 Å². The molecular formula is C17H24N4O2. The van der Waals surface area contributed by atoms with Gasteiger partial charge in [0.05, 0.1) is 23.1 Å². The fraction of sp³-hybridized carbons (Fsp3) is 0.529. The first-order valence-corrected chi connectivity index (χ1v) is 8.12. The van der Waals surface area contributed by atoms with E-state index in [4.69, 9.17) is 10.5 Å². The molecule has 1 aromatic carbocycles. The molecule has 1 amide bonds. The number of hydrogen-bond donors (Lipinski definition) is 2. The Balaban J connectivity index is 1.79. The molecule has 1 aliphatic rings. The summed E-state index contributed by atoms with van der Waals surface area (Å²) in [6.45, 7) is 5.68. The van der Waals surface area contributed by atoms with Crippen LogP contribution in [-0.2, 0) is 16.1 Å². The van der Waals surface area contributed by atoms with Gasteiger partial charge in [-0.1, -0.05) is 12.1 Å². The van der Waals surface area contributed by atoms with Crippen LogP contribution in [0.4, 0.5) is 0 Å². The van der Waals surface area contributed by atoms with Crippen LogP contribution in [0.1, 0.15) is 38.6 Å². The first-order valence-electron chi connectivity index (χ1n) is 8.12. The number of ether oxygens (including phenoxy) is 1. The first-order chi connectivity index (χ1) is 11.0. The Labute approximate surface area is 136 Å². The van der Waals surface area contributed by atoms with Crippen molar-refractivity contribution >= 4 is 16.9 Å². The van der Waals surface area contributed by atoms with Gasteiger partial charge < -0.3 is 20.4 Å². The number of carbonyl (C=O) groups excluding carboxylic acids is 1. The summed E-state index contributed by atoms with van der Waals surface area (Å²) in [5.74, 6) is 0.730. The predicted octanol–water partition coefficient (Wildman–Crippen LogP) is 1.74. The number of carbonyl (C=O) groups is 1. The molecular weight excluding hydrogens is 292 g/mol. The maximum absolute atomic E-state index is 12.5. The van der Waals surface area contributed by atoms with Crippen molar-refractivity contribution in [3.8, 4) is 0 Å². The Bertz CT molecular complexity index is 702. The van der Waals surface area contributed by atoms with Gasteiger partial charge in [0.25, 0.3) is 0 Å². The second-order valence-electron chi connectivity index (χ2n) is 6.43. The highest BCUT2D eigenvalue weighted by Crippen LogP contribution is 2.22. The zero-order valence-electron chi connectivity index (χ0n) is 13.7. The SMILES string of the molecule is CC(C)n1c(CNC(=O)C2(N)CCOCC2)nc2ccccc21. The molecule has 3 rings (SSSR count). The minimum absolute atomic E-state index is 0.122. The van der Waals surface area contributed by atoms with Crippen LogP contribution < -0.4 is 11.1 Å². The second-order valence-corrected chi connectivity index (χ2v) is 6.43. The summed E-state index contributed by atoms with van der Waals surface area (Å²) >= 11 is 0. The van der Waals surface area contributed by atoms with Crippen molar-refractivity contribution < 1.29 is 9.53 Å². The standard InChI is InChI=1S/C17H24N4O2/c1-12(2)21-14-6-4-3-5-13(14)20-15(21)11-19-16(22)17(18)7-9-23-10-8-17/h3-6,12H,7-11,18H2,1-2H3,(H,19,22). The fourth-order valence-corrected chi connectivity index (χ4v) is 3.09. The second kappa shape index (κ2) is 6.29. The van der Waals surface area contributed by atoms with Gasteiger partial charge in [-0.05, 0) is 38.8 Å². The van der Waals surface area contributed by atoms with Crippen LogP contribution in [0.2, 0.25) is 0 Å². The summed E-state index contributed by atoms with van der Waals surface area (Å²) in [7, 11) is 0. The average Bonchev–Trinajstić information content (AvgIpc) is 2.91. The Morgan fingerprint density at radius 3 is 2.78 bits per heavy atom. The van der Waals surface area contributed by atoms with Crippen molar-refractivity contribution in [2.45, 2.75) is 44.8 Å². The molecule has 0 bridgehead atoms. The van der Waals surface area contributed by atoms with E-state index >= 15 is 0 Å². The molecule has 2 heterocycles. The lowest BCUT2D eigenvalue weighted by atomic mass is 9.90. The molecule has 1 fully saturated rings. The molecule has 0 unspecified atom stereocenters. The molecule has 0 atom stereocenters. The number of para-hydroxylation sites is 2. The Hall–Kier alpha value is -1.92. The van der Waals surface area contributed by atoms with Gasteiger partial charge in [-0.15, -0.1) is 0 Å². The van der Waals surface area contributed by atoms with Crippen molar-refractivity contribution in [3.63, 3.8) is 0 Å². The maximum Gasteiger partial charge on any atom is 0.240 e. The summed E-state index contributed by atoms with van der Waals surface area (Å²) in [5, 5.41) is 2.96. The molecule has 1 aliphatic heterocycles. The lowest BCUT2D eigenvalue weighted by molar-refractivity contribution is -0.130. The Kier molecular flexibility index (Phi) is 4.37. The number of fused-ring (bicyclic) bond motifs is 1. The zero-order chi connectivity index (χ0) is 16.4. The smallest absolute Gasteiger partial charge is 0.240 e. The topological polar surface area (TPSA) is 82.2 Å². The number of nitrogens with zero attached hydrogens (tertiary/aromatic N) is 2. The highest BCUT2D eigenvalue weighted by atomic mass is 16.5. The molecule has 0 radical (unpaired) electrons. The van der Waals surface area contributed by atoms with Crippen LogP contribution in [0.15, 0.2) is 24.3 Å². The van der Waals surface area contributed by atoms with Crippen LogP contribution in [-0.4, -0.2) is 34.2 Å². The van der Waals surface area contributed by atoms with Crippen LogP contribution in [0.3, 0.4) is 0 Å². The van der Waals surface area contributed by atoms with Gasteiger partial charge >= 0.3 is 0 Å². The van der Waals surface area contributed by atoms with Crippen molar-refractivity contribution in [2.24, 2.45) is 5.73 Å². The number of rotatable bonds is 4. The van der Waals surface area contributed by atoms with E-state index in [1.54, 1.807) is 0 Å². The predicted molar refractivity (Wildman–Crippen MR) is 88.9 cm³/mol. The number of nitrogens with two attached hydrogens (primary N) is 1. The van der Waals surface area contributed by atoms with E-state index in [1.165, 1.54) is 0 Å². The molecule has 23 heavy (non-hydrogen) atoms. The summed E-state index contributed by atoms with van der Waals surface area (Å²) < 4.78 is 7.45. The third-order valence-electron chi connectivity index (χ3n) is 4.43. The van der Waals surface area contributed by atoms with Crippen molar-refractivity contribution in [1.82, 2.24) is 14.9 Å². The molecule has 1 saturated heterocycles. The molecule has 0 aliphatic carbocycles. The quantitative estimate of drug-likeness (QED) is 0.900. The van der Waals surface area contributed by atoms with Crippen molar-refractivity contribution in [3.05, 3.63) is 30.1 Å². The Morgan fingerprint density at radius 1 is 1.39 bits per heavy atom. The number of imidazole rings is 1. The molecule has 6 heteroatoms. The number of amides is 1. The van der Waals surface area contributed by atoms with Gasteiger partial charge in [0.2, 0.25) is 5.91 Å². The molecule has 124 valence electrons. The van der Waals surface area contributed by atoms with Gasteiger partial charge in [0, 0.05) is 19.3 Å². The van der Waals surface area contributed by atoms with Crippen LogP contribution in [0.5, 0.6) is 0 Å². The van der Waals surface area contributed by atoms with E-state index in [0.717, 1.165) is 16.9 Å². The normalized spacial score (nSPS) is 17.6. The zero-order valence-corrected chi connectivity index (χ0v) is 13.7. The minimum Gasteiger partial charge on any atom is -0.381 e. The number of nitrogens with one attached hydrogen (secondary N) is 1. The summed E-state index contributed by atoms with van der Waals surface area (Å²) in [6, 6.07) is 8.28. The van der Waals surface area contributed by atoms with E-state index in [2.05, 4.69) is 34.8 Å². The molecule has 6 nitrogen and oxygen atoms in total. The lowest BCUT2D eigenvalue weighted by Crippen LogP contribution is -2.56. The van der Waals surface area contributed by atoms with E-state index in [9.17, 15) is 4.79 Å². The molecule has 1 aromatic heterocycles. The van der Waals surface area contributed by atoms with Crippen molar-refractivity contribution in [2.75, 3.05) is 13.2 Å². The number of hydrogen-bond acceptors (Lipinski definition) is 4. The minimum atomic E-state index is -0.826. The molecule has 0 saturated carbocycles. The third-order valence-corrected chi connectivity index (χ3v) is 4.43. The van der Waals surface area contributed by atoms with Gasteiger partial charge in [0.15, 0.2) is 0 Å². The van der Waals surface area contributed by atoms with Gasteiger partial charge in [0.1, 0.15) is 5.82 Å². The molecule has 3 N–H and O–H groups in total. The van der Waals surface area contributed by atoms with E-state index in [1.807, 2.05) is 18.2 Å². The average molecular weight is 316 g/mol. The lowest BCUT2D eigenvalue weighted by Gasteiger charge is -2.31. The maximum atomic E-state index is 12.5. The summed E-state index contributed by atoms with van der Waals surface area (Å²) in [6.07, 6.45) is 1.11. The molecule has 2 aromatic rings. The fourth-order valence-electron chi connectivity index (χ4n) is 3.09. The highest BCUT2D eigenvalue weighted by molar-refractivity contribution is 5.86. The number of aromatic nitrogens is 2. The largest absolute Gasteiger partial charge is 0.381 e. The van der Waals surface area contributed by atoms with E-state index in [-0.39, 0.29) is 11.9 Å². The van der Waals surface area contributed by atoms with E-state index in [0.29, 0.717) is 32.6 Å².